The van der Waals surface area contributed by atoms with Crippen LogP contribution in [0.2, 0.25) is 0 Å². The van der Waals surface area contributed by atoms with E-state index in [1.807, 2.05) is 6.92 Å². The number of hydrogen-bond acceptors (Lipinski definition) is 6. The maximum atomic E-state index is 13.8. The Morgan fingerprint density at radius 2 is 1.81 bits per heavy atom. The van der Waals surface area contributed by atoms with Gasteiger partial charge in [-0.1, -0.05) is 6.92 Å². The van der Waals surface area contributed by atoms with Crippen molar-refractivity contribution in [3.8, 4) is 5.75 Å². The first kappa shape index (κ1) is 25.7. The molecule has 0 radical (unpaired) electrons. The molecule has 1 atom stereocenters. The predicted molar refractivity (Wildman–Crippen MR) is 123 cm³/mol. The highest BCUT2D eigenvalue weighted by Crippen LogP contribution is 2.39. The minimum Gasteiger partial charge on any atom is -0.479 e. The third-order valence-corrected chi connectivity index (χ3v) is 7.01. The van der Waals surface area contributed by atoms with E-state index in [-0.39, 0.29) is 23.7 Å². The van der Waals surface area contributed by atoms with Crippen LogP contribution in [0.4, 0.5) is 22.6 Å². The molecule has 2 aromatic heterocycles. The van der Waals surface area contributed by atoms with Crippen LogP contribution in [0.1, 0.15) is 70.2 Å². The summed E-state index contributed by atoms with van der Waals surface area (Å²) < 4.78 is 70.0. The van der Waals surface area contributed by atoms with Gasteiger partial charge in [-0.3, -0.25) is 4.79 Å². The van der Waals surface area contributed by atoms with E-state index in [1.165, 1.54) is 23.5 Å². The number of halogens is 4. The van der Waals surface area contributed by atoms with Crippen LogP contribution in [0.15, 0.2) is 22.6 Å². The van der Waals surface area contributed by atoms with Crippen molar-refractivity contribution in [3.63, 3.8) is 0 Å². The van der Waals surface area contributed by atoms with Gasteiger partial charge in [0.2, 0.25) is 11.6 Å². The lowest BCUT2D eigenvalue weighted by molar-refractivity contribution is 0.0335. The Bertz CT molecular complexity index is 1280. The summed E-state index contributed by atoms with van der Waals surface area (Å²) in [5.74, 6) is -9.16. The van der Waals surface area contributed by atoms with Crippen LogP contribution >= 0.6 is 11.3 Å². The van der Waals surface area contributed by atoms with Crippen LogP contribution in [-0.4, -0.2) is 18.0 Å². The Morgan fingerprint density at radius 1 is 1.11 bits per heavy atom. The largest absolute Gasteiger partial charge is 0.479 e. The fraction of sp³-hybridized carbons (Fsp3) is 0.360. The summed E-state index contributed by atoms with van der Waals surface area (Å²) in [7, 11) is 0. The molecule has 6 nitrogen and oxygen atoms in total. The summed E-state index contributed by atoms with van der Waals surface area (Å²) in [5, 5.41) is 3.06. The number of nitrogens with one attached hydrogen (secondary N) is 1. The number of ether oxygens (including phenoxy) is 2. The van der Waals surface area contributed by atoms with E-state index in [4.69, 9.17) is 13.9 Å². The first-order valence-corrected chi connectivity index (χ1v) is 12.2. The van der Waals surface area contributed by atoms with Crippen molar-refractivity contribution in [1.82, 2.24) is 0 Å². The minimum atomic E-state index is -1.68. The number of benzene rings is 1. The molecule has 1 aliphatic rings. The van der Waals surface area contributed by atoms with Crippen molar-refractivity contribution < 1.29 is 41.0 Å². The average Bonchev–Trinajstić information content (AvgIpc) is 3.47. The van der Waals surface area contributed by atoms with Crippen LogP contribution in [0.25, 0.3) is 0 Å². The lowest BCUT2D eigenvalue weighted by Crippen LogP contribution is -2.18. The zero-order chi connectivity index (χ0) is 26.0. The van der Waals surface area contributed by atoms with Crippen molar-refractivity contribution in [2.24, 2.45) is 0 Å². The second-order valence-corrected chi connectivity index (χ2v) is 9.45. The number of esters is 1. The van der Waals surface area contributed by atoms with Crippen molar-refractivity contribution in [2.75, 3.05) is 5.32 Å². The van der Waals surface area contributed by atoms with Gasteiger partial charge < -0.3 is 19.2 Å². The molecule has 0 aliphatic heterocycles. The lowest BCUT2D eigenvalue weighted by Gasteiger charge is -2.15. The number of fused-ring (bicyclic) bond motifs is 1. The number of carbonyl (C=O) groups is 2. The number of anilines is 1. The van der Waals surface area contributed by atoms with Gasteiger partial charge in [0, 0.05) is 10.9 Å². The van der Waals surface area contributed by atoms with Crippen molar-refractivity contribution in [1.29, 1.82) is 0 Å². The van der Waals surface area contributed by atoms with Crippen LogP contribution < -0.4 is 10.1 Å². The summed E-state index contributed by atoms with van der Waals surface area (Å²) in [4.78, 5) is 26.8. The van der Waals surface area contributed by atoms with Crippen LogP contribution in [-0.2, 0) is 24.2 Å². The Balaban J connectivity index is 1.50. The standard InChI is InChI=1S/C25H23F4NO5S/c1-3-12(2)34-25(32)19-14-6-4-5-7-18(14)36-24(19)30-23(31)17-9-8-13(35-17)11-33-22-20(28)15(26)10-16(27)21(22)29/h8-10,12H,3-7,11H2,1-2H3,(H,30,31). The third kappa shape index (κ3) is 5.25. The van der Waals surface area contributed by atoms with E-state index in [1.54, 1.807) is 6.92 Å². The summed E-state index contributed by atoms with van der Waals surface area (Å²) in [6.45, 7) is 3.09. The molecule has 1 aliphatic carbocycles. The van der Waals surface area contributed by atoms with Gasteiger partial charge in [0.25, 0.3) is 5.91 Å². The number of carbonyl (C=O) groups excluding carboxylic acids is 2. The molecule has 1 amide bonds. The molecular formula is C25H23F4NO5S. The van der Waals surface area contributed by atoms with Gasteiger partial charge in [-0.15, -0.1) is 11.3 Å². The Morgan fingerprint density at radius 3 is 2.50 bits per heavy atom. The lowest BCUT2D eigenvalue weighted by atomic mass is 9.95. The fourth-order valence-electron chi connectivity index (χ4n) is 3.76. The molecule has 11 heteroatoms. The first-order chi connectivity index (χ1) is 17.2. The van der Waals surface area contributed by atoms with E-state index >= 15 is 0 Å². The highest BCUT2D eigenvalue weighted by Gasteiger charge is 2.29. The molecule has 4 rings (SSSR count). The van der Waals surface area contributed by atoms with Crippen molar-refractivity contribution in [3.05, 3.63) is 69.0 Å². The minimum absolute atomic E-state index is 0.0227. The second kappa shape index (κ2) is 10.7. The van der Waals surface area contributed by atoms with Gasteiger partial charge in [0.1, 0.15) is 17.4 Å². The molecular weight excluding hydrogens is 502 g/mol. The maximum Gasteiger partial charge on any atom is 0.341 e. The fourth-order valence-corrected chi connectivity index (χ4v) is 5.03. The highest BCUT2D eigenvalue weighted by molar-refractivity contribution is 7.17. The van der Waals surface area contributed by atoms with Gasteiger partial charge in [0.15, 0.2) is 23.1 Å². The summed E-state index contributed by atoms with van der Waals surface area (Å²) in [6.07, 6.45) is 3.79. The van der Waals surface area contributed by atoms with Crippen molar-refractivity contribution in [2.45, 2.75) is 58.7 Å². The zero-order valence-electron chi connectivity index (χ0n) is 19.5. The van der Waals surface area contributed by atoms with Crippen LogP contribution in [0.3, 0.4) is 0 Å². The highest BCUT2D eigenvalue weighted by atomic mass is 32.1. The smallest absolute Gasteiger partial charge is 0.341 e. The predicted octanol–water partition coefficient (Wildman–Crippen LogP) is 6.56. The molecule has 3 aromatic rings. The summed E-state index contributed by atoms with van der Waals surface area (Å²) in [6, 6.07) is 2.69. The number of hydrogen-bond donors (Lipinski definition) is 1. The molecule has 0 fully saturated rings. The second-order valence-electron chi connectivity index (χ2n) is 8.35. The van der Waals surface area contributed by atoms with E-state index in [9.17, 15) is 27.2 Å². The number of thiophene rings is 1. The Kier molecular flexibility index (Phi) is 7.67. The average molecular weight is 526 g/mol. The molecule has 1 unspecified atom stereocenters. The number of furan rings is 1. The normalized spacial score (nSPS) is 13.7. The summed E-state index contributed by atoms with van der Waals surface area (Å²) >= 11 is 1.31. The monoisotopic (exact) mass is 525 g/mol. The van der Waals surface area contributed by atoms with Crippen molar-refractivity contribution >= 4 is 28.2 Å². The quantitative estimate of drug-likeness (QED) is 0.205. The van der Waals surface area contributed by atoms with Crippen LogP contribution in [0.5, 0.6) is 5.75 Å². The Hall–Kier alpha value is -3.34. The van der Waals surface area contributed by atoms with Gasteiger partial charge in [-0.2, -0.15) is 8.78 Å². The summed E-state index contributed by atoms with van der Waals surface area (Å²) in [5.41, 5.74) is 1.23. The molecule has 1 aromatic carbocycles. The molecule has 0 saturated heterocycles. The number of amides is 1. The molecule has 0 spiro atoms. The first-order valence-electron chi connectivity index (χ1n) is 11.4. The topological polar surface area (TPSA) is 77.8 Å². The molecule has 36 heavy (non-hydrogen) atoms. The SMILES string of the molecule is CCC(C)OC(=O)c1c(NC(=O)c2ccc(COc3c(F)c(F)cc(F)c3F)o2)sc2c1CCCC2. The zero-order valence-corrected chi connectivity index (χ0v) is 20.3. The molecule has 192 valence electrons. The van der Waals surface area contributed by atoms with Crippen LogP contribution in [0, 0.1) is 23.3 Å². The van der Waals surface area contributed by atoms with Gasteiger partial charge >= 0.3 is 5.97 Å². The molecule has 2 heterocycles. The Labute approximate surface area is 208 Å². The van der Waals surface area contributed by atoms with E-state index in [0.29, 0.717) is 23.4 Å². The molecule has 0 bridgehead atoms. The maximum absolute atomic E-state index is 13.8. The van der Waals surface area contributed by atoms with Gasteiger partial charge in [-0.25, -0.2) is 13.6 Å². The van der Waals surface area contributed by atoms with E-state index in [0.717, 1.165) is 29.7 Å². The third-order valence-electron chi connectivity index (χ3n) is 5.80. The number of rotatable bonds is 8. The van der Waals surface area contributed by atoms with Gasteiger partial charge in [0.05, 0.1) is 11.7 Å². The van der Waals surface area contributed by atoms with Gasteiger partial charge in [-0.05, 0) is 56.7 Å². The van der Waals surface area contributed by atoms with E-state index < -0.39 is 47.5 Å². The molecule has 0 saturated carbocycles. The molecule has 1 N–H and O–H groups in total. The number of aryl methyl sites for hydroxylation is 1. The van der Waals surface area contributed by atoms with E-state index in [2.05, 4.69) is 5.32 Å².